The molecule has 1 fully saturated rings. The highest BCUT2D eigenvalue weighted by Gasteiger charge is 2.33. The number of amides is 1. The van der Waals surface area contributed by atoms with Gasteiger partial charge in [-0.15, -0.1) is 0 Å². The molecule has 1 saturated heterocycles. The molecule has 1 aromatic heterocycles. The maximum Gasteiger partial charge on any atom is 0.270 e. The van der Waals surface area contributed by atoms with Crippen LogP contribution in [0.3, 0.4) is 0 Å². The Bertz CT molecular complexity index is 808. The van der Waals surface area contributed by atoms with E-state index in [0.717, 1.165) is 5.56 Å². The Morgan fingerprint density at radius 2 is 2.05 bits per heavy atom. The van der Waals surface area contributed by atoms with Crippen molar-refractivity contribution in [1.29, 1.82) is 5.26 Å². The van der Waals surface area contributed by atoms with E-state index in [4.69, 9.17) is 17.5 Å². The number of pyridine rings is 1. The van der Waals surface area contributed by atoms with Gasteiger partial charge in [0, 0.05) is 6.20 Å². The van der Waals surface area contributed by atoms with E-state index in [1.54, 1.807) is 54.9 Å². The molecule has 2 heterocycles. The van der Waals surface area contributed by atoms with E-state index in [1.807, 2.05) is 0 Å². The van der Waals surface area contributed by atoms with Crippen molar-refractivity contribution in [3.8, 4) is 6.07 Å². The summed E-state index contributed by atoms with van der Waals surface area (Å²) in [6, 6.07) is 12.7. The van der Waals surface area contributed by atoms with Crippen molar-refractivity contribution in [3.05, 3.63) is 64.8 Å². The molecule has 4 nitrogen and oxygen atoms in total. The van der Waals surface area contributed by atoms with Gasteiger partial charge in [0.1, 0.15) is 0 Å². The molecule has 22 heavy (non-hydrogen) atoms. The third-order valence-corrected chi connectivity index (χ3v) is 4.34. The van der Waals surface area contributed by atoms with Gasteiger partial charge in [-0.3, -0.25) is 14.7 Å². The van der Waals surface area contributed by atoms with E-state index in [2.05, 4.69) is 11.1 Å². The lowest BCUT2D eigenvalue weighted by molar-refractivity contribution is -0.113. The lowest BCUT2D eigenvalue weighted by Gasteiger charge is -2.13. The molecular weight excluding hydrogens is 314 g/mol. The van der Waals surface area contributed by atoms with Crippen molar-refractivity contribution >= 4 is 46.0 Å². The monoisotopic (exact) mass is 323 g/mol. The molecule has 0 spiro atoms. The zero-order valence-corrected chi connectivity index (χ0v) is 12.9. The fraction of sp³-hybridized carbons (Fsp3) is 0. The summed E-state index contributed by atoms with van der Waals surface area (Å²) in [5, 5.41) is 8.80. The molecule has 2 aromatic rings. The number of nitriles is 1. The average molecular weight is 323 g/mol. The van der Waals surface area contributed by atoms with Gasteiger partial charge in [0.2, 0.25) is 0 Å². The van der Waals surface area contributed by atoms with Crippen molar-refractivity contribution in [1.82, 2.24) is 4.98 Å². The van der Waals surface area contributed by atoms with Crippen LogP contribution in [0, 0.1) is 11.3 Å². The maximum atomic E-state index is 12.5. The fourth-order valence-corrected chi connectivity index (χ4v) is 3.28. The first-order valence-corrected chi connectivity index (χ1v) is 7.59. The third-order valence-electron chi connectivity index (χ3n) is 3.04. The number of carbonyl (C=O) groups is 1. The molecule has 3 rings (SSSR count). The quantitative estimate of drug-likeness (QED) is 0.626. The van der Waals surface area contributed by atoms with E-state index < -0.39 is 0 Å². The van der Waals surface area contributed by atoms with Gasteiger partial charge in [0.05, 0.1) is 28.4 Å². The molecule has 1 amide bonds. The van der Waals surface area contributed by atoms with Crippen LogP contribution >= 0.6 is 24.0 Å². The Hall–Kier alpha value is -2.49. The molecule has 1 aliphatic rings. The van der Waals surface area contributed by atoms with E-state index in [0.29, 0.717) is 20.5 Å². The normalized spacial score (nSPS) is 16.1. The van der Waals surface area contributed by atoms with E-state index >= 15 is 0 Å². The molecular formula is C16H9N3OS2. The molecule has 0 saturated carbocycles. The van der Waals surface area contributed by atoms with Gasteiger partial charge in [-0.1, -0.05) is 36.1 Å². The second-order valence-electron chi connectivity index (χ2n) is 4.46. The van der Waals surface area contributed by atoms with Crippen LogP contribution in [0.4, 0.5) is 5.69 Å². The number of aromatic nitrogens is 1. The van der Waals surface area contributed by atoms with Crippen LogP contribution < -0.4 is 4.90 Å². The van der Waals surface area contributed by atoms with Crippen LogP contribution in [0.2, 0.25) is 0 Å². The molecule has 0 bridgehead atoms. The first-order valence-electron chi connectivity index (χ1n) is 6.37. The number of anilines is 1. The zero-order chi connectivity index (χ0) is 15.5. The van der Waals surface area contributed by atoms with E-state index in [1.165, 1.54) is 16.7 Å². The van der Waals surface area contributed by atoms with Gasteiger partial charge in [0.25, 0.3) is 5.91 Å². The van der Waals surface area contributed by atoms with Crippen LogP contribution in [0.1, 0.15) is 11.1 Å². The van der Waals surface area contributed by atoms with Crippen molar-refractivity contribution in [2.45, 2.75) is 0 Å². The van der Waals surface area contributed by atoms with Crippen LogP contribution in [0.25, 0.3) is 6.08 Å². The number of nitrogens with zero attached hydrogens (tertiary/aromatic N) is 3. The molecule has 1 aliphatic heterocycles. The van der Waals surface area contributed by atoms with Gasteiger partial charge in [0.15, 0.2) is 4.32 Å². The van der Waals surface area contributed by atoms with Crippen LogP contribution in [-0.4, -0.2) is 15.2 Å². The van der Waals surface area contributed by atoms with Gasteiger partial charge < -0.3 is 0 Å². The van der Waals surface area contributed by atoms with Crippen LogP contribution in [-0.2, 0) is 4.79 Å². The lowest BCUT2D eigenvalue weighted by atomic mass is 10.1. The van der Waals surface area contributed by atoms with Crippen LogP contribution in [0.5, 0.6) is 0 Å². The summed E-state index contributed by atoms with van der Waals surface area (Å²) >= 11 is 6.55. The highest BCUT2D eigenvalue weighted by molar-refractivity contribution is 8.27. The van der Waals surface area contributed by atoms with Crippen molar-refractivity contribution < 1.29 is 4.79 Å². The lowest BCUT2D eigenvalue weighted by Crippen LogP contribution is -2.27. The summed E-state index contributed by atoms with van der Waals surface area (Å²) in [4.78, 5) is 18.6. The predicted molar refractivity (Wildman–Crippen MR) is 91.0 cm³/mol. The summed E-state index contributed by atoms with van der Waals surface area (Å²) < 4.78 is 0.484. The second kappa shape index (κ2) is 6.10. The topological polar surface area (TPSA) is 57.0 Å². The van der Waals surface area contributed by atoms with Gasteiger partial charge in [-0.2, -0.15) is 5.26 Å². The minimum Gasteiger partial charge on any atom is -0.268 e. The number of carbonyl (C=O) groups excluding carboxylic acids is 1. The summed E-state index contributed by atoms with van der Waals surface area (Å²) in [6.45, 7) is 0. The Kier molecular flexibility index (Phi) is 4.00. The molecule has 0 atom stereocenters. The number of hydrogen-bond donors (Lipinski definition) is 0. The smallest absolute Gasteiger partial charge is 0.268 e. The highest BCUT2D eigenvalue weighted by Crippen LogP contribution is 2.35. The zero-order valence-electron chi connectivity index (χ0n) is 11.3. The SMILES string of the molecule is N#Cc1ccc(/C=C2\SC(=S)N(c3cccnc3)C2=O)cc1. The Morgan fingerprint density at radius 3 is 2.68 bits per heavy atom. The minimum atomic E-state index is -0.160. The summed E-state index contributed by atoms with van der Waals surface area (Å²) in [7, 11) is 0. The number of benzene rings is 1. The molecule has 1 aromatic carbocycles. The first-order chi connectivity index (χ1) is 10.7. The number of thiocarbonyl (C=S) groups is 1. The number of hydrogen-bond acceptors (Lipinski definition) is 5. The molecule has 106 valence electrons. The second-order valence-corrected chi connectivity index (χ2v) is 6.14. The number of rotatable bonds is 2. The molecule has 0 aliphatic carbocycles. The van der Waals surface area contributed by atoms with Crippen molar-refractivity contribution in [2.75, 3.05) is 4.90 Å². The molecule has 6 heteroatoms. The molecule has 0 N–H and O–H groups in total. The largest absolute Gasteiger partial charge is 0.270 e. The Morgan fingerprint density at radius 1 is 1.27 bits per heavy atom. The Labute approximate surface area is 137 Å². The van der Waals surface area contributed by atoms with Gasteiger partial charge in [-0.05, 0) is 35.9 Å². The minimum absolute atomic E-state index is 0.160. The summed E-state index contributed by atoms with van der Waals surface area (Å²) in [6.07, 6.45) is 5.03. The number of thioether (sulfide) groups is 1. The van der Waals surface area contributed by atoms with Gasteiger partial charge in [-0.25, -0.2) is 0 Å². The fourth-order valence-electron chi connectivity index (χ4n) is 1.98. The third kappa shape index (κ3) is 2.77. The average Bonchev–Trinajstić information content (AvgIpc) is 2.83. The first kappa shape index (κ1) is 14.4. The maximum absolute atomic E-state index is 12.5. The van der Waals surface area contributed by atoms with E-state index in [9.17, 15) is 4.79 Å². The highest BCUT2D eigenvalue weighted by atomic mass is 32.2. The Balaban J connectivity index is 1.90. The molecule has 0 unspecified atom stereocenters. The standard InChI is InChI=1S/C16H9N3OS2/c17-9-12-5-3-11(4-6-12)8-14-15(20)19(16(21)22-14)13-2-1-7-18-10-13/h1-8,10H/b14-8-. The molecule has 0 radical (unpaired) electrons. The van der Waals surface area contributed by atoms with Crippen molar-refractivity contribution in [3.63, 3.8) is 0 Å². The van der Waals surface area contributed by atoms with Crippen LogP contribution in [0.15, 0.2) is 53.7 Å². The van der Waals surface area contributed by atoms with Gasteiger partial charge >= 0.3 is 0 Å². The van der Waals surface area contributed by atoms with Crippen molar-refractivity contribution in [2.24, 2.45) is 0 Å². The summed E-state index contributed by atoms with van der Waals surface area (Å²) in [5.74, 6) is -0.160. The van der Waals surface area contributed by atoms with E-state index in [-0.39, 0.29) is 5.91 Å². The predicted octanol–water partition coefficient (Wildman–Crippen LogP) is 3.36. The summed E-state index contributed by atoms with van der Waals surface area (Å²) in [5.41, 5.74) is 2.10.